The van der Waals surface area contributed by atoms with Gasteiger partial charge in [-0.25, -0.2) is 0 Å². The molecule has 1 atom stereocenters. The molecule has 0 saturated carbocycles. The third-order valence-electron chi connectivity index (χ3n) is 2.93. The van der Waals surface area contributed by atoms with Crippen molar-refractivity contribution in [2.45, 2.75) is 25.7 Å². The first kappa shape index (κ1) is 10.2. The van der Waals surface area contributed by atoms with Crippen LogP contribution >= 0.6 is 0 Å². The van der Waals surface area contributed by atoms with Crippen LogP contribution < -0.4 is 11.1 Å². The fourth-order valence-electron chi connectivity index (χ4n) is 2.05. The van der Waals surface area contributed by atoms with Gasteiger partial charge < -0.3 is 11.1 Å². The molecule has 1 amide bonds. The first-order chi connectivity index (χ1) is 7.26. The molecule has 3 N–H and O–H groups in total. The van der Waals surface area contributed by atoms with Crippen LogP contribution in [0.5, 0.6) is 0 Å². The number of benzene rings is 1. The van der Waals surface area contributed by atoms with Crippen molar-refractivity contribution < 1.29 is 4.79 Å². The Hall–Kier alpha value is -1.35. The summed E-state index contributed by atoms with van der Waals surface area (Å²) in [6, 6.07) is 6.17. The second-order valence-corrected chi connectivity index (χ2v) is 3.89. The first-order valence-electron chi connectivity index (χ1n) is 5.40. The number of nitrogens with two attached hydrogens (primary N) is 1. The minimum Gasteiger partial charge on any atom is -0.330 e. The van der Waals surface area contributed by atoms with Crippen LogP contribution in [0.1, 0.15) is 30.4 Å². The third-order valence-corrected chi connectivity index (χ3v) is 2.93. The molecule has 1 heterocycles. The Morgan fingerprint density at radius 2 is 2.27 bits per heavy atom. The van der Waals surface area contributed by atoms with E-state index >= 15 is 0 Å². The van der Waals surface area contributed by atoms with Crippen LogP contribution in [0.2, 0.25) is 0 Å². The monoisotopic (exact) mass is 204 g/mol. The van der Waals surface area contributed by atoms with E-state index in [-0.39, 0.29) is 11.8 Å². The van der Waals surface area contributed by atoms with Gasteiger partial charge in [-0.15, -0.1) is 0 Å². The number of fused-ring (bicyclic) bond motifs is 1. The fourth-order valence-corrected chi connectivity index (χ4v) is 2.05. The number of hydrogen-bond acceptors (Lipinski definition) is 2. The van der Waals surface area contributed by atoms with Gasteiger partial charge in [-0.1, -0.05) is 19.1 Å². The highest BCUT2D eigenvalue weighted by molar-refractivity contribution is 6.02. The minimum absolute atomic E-state index is 0.0449. The standard InChI is InChI=1S/C12H16N2O/c1-2-8-3-4-11-10(7-8)9(5-6-13)12(15)14-11/h3-4,7,9H,2,5-6,13H2,1H3,(H,14,15)/t9-/m1/s1. The van der Waals surface area contributed by atoms with Gasteiger partial charge in [0.25, 0.3) is 0 Å². The molecule has 3 nitrogen and oxygen atoms in total. The summed E-state index contributed by atoms with van der Waals surface area (Å²) in [4.78, 5) is 11.7. The maximum Gasteiger partial charge on any atom is 0.232 e. The van der Waals surface area contributed by atoms with E-state index in [0.717, 1.165) is 24.1 Å². The molecule has 0 radical (unpaired) electrons. The van der Waals surface area contributed by atoms with E-state index in [1.54, 1.807) is 0 Å². The Bertz CT molecular complexity index is 387. The molecule has 0 fully saturated rings. The number of aryl methyl sites for hydroxylation is 1. The molecule has 1 aromatic rings. The summed E-state index contributed by atoms with van der Waals surface area (Å²) in [6.07, 6.45) is 1.73. The highest BCUT2D eigenvalue weighted by Crippen LogP contribution is 2.34. The minimum atomic E-state index is -0.0449. The molecule has 80 valence electrons. The molecular formula is C12H16N2O. The lowest BCUT2D eigenvalue weighted by molar-refractivity contribution is -0.117. The van der Waals surface area contributed by atoms with E-state index in [2.05, 4.69) is 24.4 Å². The van der Waals surface area contributed by atoms with Crippen LogP contribution in [-0.4, -0.2) is 12.5 Å². The predicted molar refractivity (Wildman–Crippen MR) is 60.9 cm³/mol. The molecule has 2 rings (SSSR count). The third kappa shape index (κ3) is 1.75. The zero-order chi connectivity index (χ0) is 10.8. The van der Waals surface area contributed by atoms with Crippen molar-refractivity contribution in [3.05, 3.63) is 29.3 Å². The quantitative estimate of drug-likeness (QED) is 0.786. The Balaban J connectivity index is 2.37. The van der Waals surface area contributed by atoms with Gasteiger partial charge in [-0.3, -0.25) is 4.79 Å². The van der Waals surface area contributed by atoms with Gasteiger partial charge >= 0.3 is 0 Å². The summed E-state index contributed by atoms with van der Waals surface area (Å²) < 4.78 is 0. The number of carbonyl (C=O) groups excluding carboxylic acids is 1. The van der Waals surface area contributed by atoms with Crippen molar-refractivity contribution in [3.63, 3.8) is 0 Å². The van der Waals surface area contributed by atoms with Crippen LogP contribution in [0.25, 0.3) is 0 Å². The molecule has 0 aromatic heterocycles. The molecule has 15 heavy (non-hydrogen) atoms. The molecule has 0 bridgehead atoms. The second-order valence-electron chi connectivity index (χ2n) is 3.89. The zero-order valence-corrected chi connectivity index (χ0v) is 8.92. The lowest BCUT2D eigenvalue weighted by Crippen LogP contribution is -2.15. The highest BCUT2D eigenvalue weighted by Gasteiger charge is 2.29. The van der Waals surface area contributed by atoms with Crippen molar-refractivity contribution in [3.8, 4) is 0 Å². The number of carbonyl (C=O) groups is 1. The second kappa shape index (κ2) is 4.03. The van der Waals surface area contributed by atoms with Gasteiger partial charge in [0.2, 0.25) is 5.91 Å². The van der Waals surface area contributed by atoms with Crippen LogP contribution in [0.4, 0.5) is 5.69 Å². The summed E-state index contributed by atoms with van der Waals surface area (Å²) in [5.74, 6) is 0.0419. The summed E-state index contributed by atoms with van der Waals surface area (Å²) in [6.45, 7) is 2.66. The van der Waals surface area contributed by atoms with Crippen LogP contribution in [0, 0.1) is 0 Å². The fraction of sp³-hybridized carbons (Fsp3) is 0.417. The largest absolute Gasteiger partial charge is 0.330 e. The number of hydrogen-bond donors (Lipinski definition) is 2. The van der Waals surface area contributed by atoms with Crippen LogP contribution in [0.15, 0.2) is 18.2 Å². The first-order valence-corrected chi connectivity index (χ1v) is 5.40. The SMILES string of the molecule is CCc1ccc2c(c1)[C@@H](CCN)C(=O)N2. The molecule has 1 aliphatic heterocycles. The normalized spacial score (nSPS) is 18.8. The Kier molecular flexibility index (Phi) is 2.73. The predicted octanol–water partition coefficient (Wildman–Crippen LogP) is 1.63. The van der Waals surface area contributed by atoms with Gasteiger partial charge in [-0.05, 0) is 36.6 Å². The van der Waals surface area contributed by atoms with Crippen molar-refractivity contribution in [1.29, 1.82) is 0 Å². The number of amides is 1. The summed E-state index contributed by atoms with van der Waals surface area (Å²) in [5.41, 5.74) is 8.86. The van der Waals surface area contributed by atoms with E-state index in [1.807, 2.05) is 6.07 Å². The zero-order valence-electron chi connectivity index (χ0n) is 8.92. The molecule has 1 aliphatic rings. The smallest absolute Gasteiger partial charge is 0.232 e. The maximum absolute atomic E-state index is 11.7. The summed E-state index contributed by atoms with van der Waals surface area (Å²) in [7, 11) is 0. The van der Waals surface area contributed by atoms with E-state index in [4.69, 9.17) is 5.73 Å². The van der Waals surface area contributed by atoms with Gasteiger partial charge in [0.1, 0.15) is 0 Å². The lowest BCUT2D eigenvalue weighted by atomic mass is 9.95. The molecule has 0 unspecified atom stereocenters. The number of anilines is 1. The molecule has 0 saturated heterocycles. The van der Waals surface area contributed by atoms with Crippen LogP contribution in [-0.2, 0) is 11.2 Å². The molecule has 3 heteroatoms. The topological polar surface area (TPSA) is 55.1 Å². The van der Waals surface area contributed by atoms with Crippen molar-refractivity contribution in [2.24, 2.45) is 5.73 Å². The average Bonchev–Trinajstić information content (AvgIpc) is 2.55. The Morgan fingerprint density at radius 3 is 2.93 bits per heavy atom. The van der Waals surface area contributed by atoms with Gasteiger partial charge in [0.15, 0.2) is 0 Å². The molecule has 0 spiro atoms. The van der Waals surface area contributed by atoms with Gasteiger partial charge in [0.05, 0.1) is 5.92 Å². The maximum atomic E-state index is 11.7. The van der Waals surface area contributed by atoms with Gasteiger partial charge in [0, 0.05) is 5.69 Å². The van der Waals surface area contributed by atoms with Crippen molar-refractivity contribution in [1.82, 2.24) is 0 Å². The molecule has 0 aliphatic carbocycles. The number of nitrogens with one attached hydrogen (secondary N) is 1. The van der Waals surface area contributed by atoms with Crippen molar-refractivity contribution in [2.75, 3.05) is 11.9 Å². The Morgan fingerprint density at radius 1 is 1.47 bits per heavy atom. The van der Waals surface area contributed by atoms with Crippen molar-refractivity contribution >= 4 is 11.6 Å². The van der Waals surface area contributed by atoms with E-state index in [0.29, 0.717) is 6.54 Å². The molecule has 1 aromatic carbocycles. The van der Waals surface area contributed by atoms with E-state index in [1.165, 1.54) is 5.56 Å². The van der Waals surface area contributed by atoms with E-state index in [9.17, 15) is 4.79 Å². The summed E-state index contributed by atoms with van der Waals surface area (Å²) in [5, 5.41) is 2.89. The summed E-state index contributed by atoms with van der Waals surface area (Å²) >= 11 is 0. The van der Waals surface area contributed by atoms with Crippen LogP contribution in [0.3, 0.4) is 0 Å². The van der Waals surface area contributed by atoms with Gasteiger partial charge in [-0.2, -0.15) is 0 Å². The average molecular weight is 204 g/mol. The number of rotatable bonds is 3. The lowest BCUT2D eigenvalue weighted by Gasteiger charge is -2.07. The Labute approximate surface area is 89.7 Å². The highest BCUT2D eigenvalue weighted by atomic mass is 16.2. The van der Waals surface area contributed by atoms with E-state index < -0.39 is 0 Å². The molecular weight excluding hydrogens is 188 g/mol.